The quantitative estimate of drug-likeness (QED) is 0.362. The number of allylic oxidation sites excluding steroid dienone is 4. The minimum absolute atomic E-state index is 0.0853. The molecule has 3 N–H and O–H groups in total. The largest absolute Gasteiger partial charge is 0.383 e. The number of nitrogens with zero attached hydrogens (tertiary/aromatic N) is 5. The van der Waals surface area contributed by atoms with Gasteiger partial charge in [-0.1, -0.05) is 12.2 Å². The summed E-state index contributed by atoms with van der Waals surface area (Å²) in [7, 11) is 1.72. The monoisotopic (exact) mass is 557 g/mol. The van der Waals surface area contributed by atoms with E-state index in [9.17, 15) is 9.70 Å². The number of halogens is 1. The van der Waals surface area contributed by atoms with Gasteiger partial charge < -0.3 is 11.1 Å². The van der Waals surface area contributed by atoms with Crippen LogP contribution in [0.2, 0.25) is 0 Å². The highest BCUT2D eigenvalue weighted by atomic mass is 79.9. The van der Waals surface area contributed by atoms with Crippen molar-refractivity contribution in [2.24, 2.45) is 10.2 Å². The average Bonchev–Trinajstić information content (AvgIpc) is 3.32. The van der Waals surface area contributed by atoms with Crippen LogP contribution >= 0.6 is 27.7 Å². The van der Waals surface area contributed by atoms with Gasteiger partial charge in [0.2, 0.25) is 0 Å². The number of amides is 1. The van der Waals surface area contributed by atoms with E-state index in [1.165, 1.54) is 11.8 Å². The average molecular weight is 559 g/mol. The van der Waals surface area contributed by atoms with Crippen LogP contribution in [-0.2, 0) is 4.79 Å². The van der Waals surface area contributed by atoms with Crippen LogP contribution in [0.25, 0.3) is 11.2 Å². The summed E-state index contributed by atoms with van der Waals surface area (Å²) in [6, 6.07) is 0. The summed E-state index contributed by atoms with van der Waals surface area (Å²) in [6.45, 7) is 0. The van der Waals surface area contributed by atoms with Gasteiger partial charge in [0.05, 0.1) is 21.1 Å². The highest BCUT2D eigenvalue weighted by molar-refractivity contribution is 9.10. The molecule has 0 spiro atoms. The van der Waals surface area contributed by atoms with E-state index in [0.717, 1.165) is 35.4 Å². The van der Waals surface area contributed by atoms with Crippen LogP contribution in [-0.4, -0.2) is 44.8 Å². The number of aliphatic imine (C=N–C) groups is 1. The summed E-state index contributed by atoms with van der Waals surface area (Å²) in [4.78, 5) is 32.4. The highest BCUT2D eigenvalue weighted by Crippen LogP contribution is 2.46. The van der Waals surface area contributed by atoms with E-state index >= 15 is 0 Å². The standard InChI is InChI=1S/C24H28BrN7O2S/c1-27-12-16(13-28-17-6-4-3-5-7-17)18-14-29-32-21(26)19(25)20(30-22(18)32)15-8-10-24(35-2,11-9-15)23(33)31-34/h4,6-7,12-15,28H,3,5,8-11,26H2,1-2H3/b16-13+,27-12?. The number of nitrogen functional groups attached to an aromatic ring is 1. The molecule has 9 nitrogen and oxygen atoms in total. The number of hydrogen-bond acceptors (Lipinski definition) is 8. The van der Waals surface area contributed by atoms with Gasteiger partial charge in [0.15, 0.2) is 5.65 Å². The fourth-order valence-corrected chi connectivity index (χ4v) is 6.07. The molecule has 2 aliphatic carbocycles. The van der Waals surface area contributed by atoms with Crippen molar-refractivity contribution in [3.8, 4) is 0 Å². The van der Waals surface area contributed by atoms with Crippen molar-refractivity contribution < 1.29 is 4.79 Å². The molecule has 2 aliphatic rings. The van der Waals surface area contributed by atoms with Gasteiger partial charge in [-0.2, -0.15) is 9.61 Å². The molecule has 0 radical (unpaired) electrons. The molecule has 4 rings (SSSR count). The van der Waals surface area contributed by atoms with E-state index in [2.05, 4.69) is 54.7 Å². The van der Waals surface area contributed by atoms with E-state index in [1.54, 1.807) is 24.0 Å². The summed E-state index contributed by atoms with van der Waals surface area (Å²) in [5.74, 6) is -0.0306. The van der Waals surface area contributed by atoms with Gasteiger partial charge >= 0.3 is 5.91 Å². The highest BCUT2D eigenvalue weighted by Gasteiger charge is 2.43. The zero-order valence-corrected chi connectivity index (χ0v) is 22.1. The topological polar surface area (TPSA) is 127 Å². The van der Waals surface area contributed by atoms with Crippen molar-refractivity contribution in [3.05, 3.63) is 57.0 Å². The molecule has 0 unspecified atom stereocenters. The number of fused-ring (bicyclic) bond motifs is 1. The molecule has 1 fully saturated rings. The zero-order valence-electron chi connectivity index (χ0n) is 19.7. The predicted octanol–water partition coefficient (Wildman–Crippen LogP) is 4.99. The summed E-state index contributed by atoms with van der Waals surface area (Å²) >= 11 is 5.04. The Hall–Kier alpha value is -2.79. The summed E-state index contributed by atoms with van der Waals surface area (Å²) in [5, 5.41) is 10.5. The lowest BCUT2D eigenvalue weighted by Gasteiger charge is -2.35. The van der Waals surface area contributed by atoms with Crippen LogP contribution in [0.5, 0.6) is 0 Å². The second-order valence-corrected chi connectivity index (χ2v) is 10.6. The molecular formula is C24H28BrN7O2S. The zero-order chi connectivity index (χ0) is 25.0. The molecule has 0 aliphatic heterocycles. The third-order valence-corrected chi connectivity index (χ3v) is 8.84. The van der Waals surface area contributed by atoms with E-state index < -0.39 is 10.7 Å². The maximum Gasteiger partial charge on any atom is 0.302 e. The Morgan fingerprint density at radius 1 is 1.37 bits per heavy atom. The fraction of sp³-hybridized carbons (Fsp3) is 0.417. The molecular weight excluding hydrogens is 530 g/mol. The smallest absolute Gasteiger partial charge is 0.302 e. The molecule has 0 bridgehead atoms. The lowest BCUT2D eigenvalue weighted by atomic mass is 9.79. The lowest BCUT2D eigenvalue weighted by Crippen LogP contribution is -2.37. The lowest BCUT2D eigenvalue weighted by molar-refractivity contribution is -0.121. The van der Waals surface area contributed by atoms with Crippen molar-refractivity contribution >= 4 is 56.9 Å². The number of hydrogen-bond donors (Lipinski definition) is 2. The molecule has 0 aromatic carbocycles. The van der Waals surface area contributed by atoms with Gasteiger partial charge in [-0.05, 0) is 66.8 Å². The van der Waals surface area contributed by atoms with E-state index in [1.807, 2.05) is 12.5 Å². The van der Waals surface area contributed by atoms with E-state index in [0.29, 0.717) is 41.6 Å². The Morgan fingerprint density at radius 2 is 2.14 bits per heavy atom. The fourth-order valence-electron chi connectivity index (χ4n) is 4.64. The van der Waals surface area contributed by atoms with Crippen LogP contribution in [0.3, 0.4) is 0 Å². The predicted molar refractivity (Wildman–Crippen MR) is 145 cm³/mol. The molecule has 0 saturated heterocycles. The summed E-state index contributed by atoms with van der Waals surface area (Å²) < 4.78 is 1.57. The molecule has 1 saturated carbocycles. The first kappa shape index (κ1) is 25.3. The molecule has 2 heterocycles. The summed E-state index contributed by atoms with van der Waals surface area (Å²) in [6.07, 6.45) is 18.2. The maximum absolute atomic E-state index is 12.2. The van der Waals surface area contributed by atoms with Crippen LogP contribution in [0.15, 0.2) is 51.0 Å². The van der Waals surface area contributed by atoms with E-state index in [-0.39, 0.29) is 5.92 Å². The van der Waals surface area contributed by atoms with E-state index in [4.69, 9.17) is 10.7 Å². The SMILES string of the molecule is CN=C/C(=C\NC1=CCCC=C1)c1cnn2c(N)c(Br)c(C3CCC(SC)(C(=O)N=O)CC3)nc12. The van der Waals surface area contributed by atoms with Gasteiger partial charge in [0.1, 0.15) is 5.82 Å². The van der Waals surface area contributed by atoms with Gasteiger partial charge in [-0.25, -0.2) is 4.98 Å². The molecule has 184 valence electrons. The number of nitroso groups, excluding NO2 is 1. The Labute approximate surface area is 216 Å². The van der Waals surface area contributed by atoms with Gasteiger partial charge in [0, 0.05) is 47.4 Å². The molecule has 1 amide bonds. The first-order chi connectivity index (χ1) is 16.9. The number of aromatic nitrogens is 3. The minimum Gasteiger partial charge on any atom is -0.383 e. The number of carbonyl (C=O) groups is 1. The third-order valence-electron chi connectivity index (χ3n) is 6.66. The Balaban J connectivity index is 1.69. The van der Waals surface area contributed by atoms with Gasteiger partial charge in [0.25, 0.3) is 0 Å². The van der Waals surface area contributed by atoms with Crippen molar-refractivity contribution in [2.75, 3.05) is 19.0 Å². The van der Waals surface area contributed by atoms with Crippen LogP contribution in [0.1, 0.15) is 55.7 Å². The number of rotatable bonds is 7. The van der Waals surface area contributed by atoms with Gasteiger partial charge in [-0.15, -0.1) is 16.7 Å². The Kier molecular flexibility index (Phi) is 7.85. The second kappa shape index (κ2) is 10.9. The normalized spacial score (nSPS) is 23.0. The molecule has 11 heteroatoms. The molecule has 2 aromatic heterocycles. The maximum atomic E-state index is 12.2. The Morgan fingerprint density at radius 3 is 2.77 bits per heavy atom. The van der Waals surface area contributed by atoms with Crippen LogP contribution in [0, 0.1) is 4.91 Å². The van der Waals surface area contributed by atoms with Crippen LogP contribution < -0.4 is 11.1 Å². The summed E-state index contributed by atoms with van der Waals surface area (Å²) in [5.41, 5.74) is 10.6. The van der Waals surface area contributed by atoms with Crippen molar-refractivity contribution in [1.82, 2.24) is 19.9 Å². The van der Waals surface area contributed by atoms with Crippen molar-refractivity contribution in [3.63, 3.8) is 0 Å². The minimum atomic E-state index is -0.746. The first-order valence-corrected chi connectivity index (χ1v) is 13.5. The second-order valence-electron chi connectivity index (χ2n) is 8.63. The molecule has 35 heavy (non-hydrogen) atoms. The molecule has 0 atom stereocenters. The van der Waals surface area contributed by atoms with Crippen molar-refractivity contribution in [2.45, 2.75) is 49.2 Å². The number of carbonyl (C=O) groups excluding carboxylic acids is 1. The first-order valence-electron chi connectivity index (χ1n) is 11.5. The molecule has 2 aromatic rings. The number of nitrogens with one attached hydrogen (secondary N) is 1. The number of nitrogens with two attached hydrogens (primary N) is 1. The third kappa shape index (κ3) is 4.97. The van der Waals surface area contributed by atoms with Gasteiger partial charge in [-0.3, -0.25) is 9.79 Å². The number of thioether (sulfide) groups is 1. The van der Waals surface area contributed by atoms with Crippen LogP contribution in [0.4, 0.5) is 5.82 Å². The Bertz CT molecular complexity index is 1260. The number of anilines is 1. The van der Waals surface area contributed by atoms with Crippen molar-refractivity contribution in [1.29, 1.82) is 0 Å².